The molecule has 0 saturated heterocycles. The van der Waals surface area contributed by atoms with Crippen molar-refractivity contribution in [2.45, 2.75) is 70.8 Å². The minimum atomic E-state index is -0.861. The Morgan fingerprint density at radius 3 is 2.47 bits per heavy atom. The van der Waals surface area contributed by atoms with Crippen LogP contribution >= 0.6 is 0 Å². The normalized spacial score (nSPS) is 20.4. The lowest BCUT2D eigenvalue weighted by molar-refractivity contribution is -0.167. The second kappa shape index (κ2) is 7.00. The second-order valence-corrected chi connectivity index (χ2v) is 5.23. The molecule has 3 heteroatoms. The first-order chi connectivity index (χ1) is 8.14. The summed E-state index contributed by atoms with van der Waals surface area (Å²) in [6, 6.07) is 0. The van der Waals surface area contributed by atoms with Gasteiger partial charge >= 0.3 is 5.97 Å². The van der Waals surface area contributed by atoms with Gasteiger partial charge in [-0.05, 0) is 38.0 Å². The van der Waals surface area contributed by atoms with Crippen molar-refractivity contribution in [2.24, 2.45) is 5.92 Å². The maximum Gasteiger partial charge on any atom is 0.335 e. The molecule has 1 saturated carbocycles. The highest BCUT2D eigenvalue weighted by atomic mass is 16.5. The van der Waals surface area contributed by atoms with Crippen LogP contribution in [0.2, 0.25) is 0 Å². The molecule has 0 bridgehead atoms. The molecular formula is C14H26O3. The number of aliphatic carboxylic acids is 1. The van der Waals surface area contributed by atoms with Gasteiger partial charge in [-0.3, -0.25) is 0 Å². The Kier molecular flexibility index (Phi) is 5.96. The monoisotopic (exact) mass is 242 g/mol. The van der Waals surface area contributed by atoms with Crippen LogP contribution in [0.15, 0.2) is 0 Å². The van der Waals surface area contributed by atoms with Gasteiger partial charge in [0.05, 0.1) is 6.61 Å². The van der Waals surface area contributed by atoms with Crippen LogP contribution in [0.4, 0.5) is 0 Å². The summed E-state index contributed by atoms with van der Waals surface area (Å²) in [4.78, 5) is 11.3. The van der Waals surface area contributed by atoms with Crippen molar-refractivity contribution < 1.29 is 14.6 Å². The first kappa shape index (κ1) is 14.5. The van der Waals surface area contributed by atoms with E-state index in [0.717, 1.165) is 25.7 Å². The third-order valence-corrected chi connectivity index (χ3v) is 3.94. The molecule has 1 aliphatic carbocycles. The lowest BCUT2D eigenvalue weighted by atomic mass is 9.98. The third-order valence-electron chi connectivity index (χ3n) is 3.94. The van der Waals surface area contributed by atoms with Crippen molar-refractivity contribution >= 4 is 5.97 Å². The summed E-state index contributed by atoms with van der Waals surface area (Å²) in [5, 5.41) is 9.30. The van der Waals surface area contributed by atoms with Crippen LogP contribution in [-0.2, 0) is 9.53 Å². The highest BCUT2D eigenvalue weighted by Gasteiger charge is 2.42. The van der Waals surface area contributed by atoms with E-state index in [4.69, 9.17) is 4.74 Å². The molecule has 17 heavy (non-hydrogen) atoms. The van der Waals surface area contributed by atoms with E-state index in [1.165, 1.54) is 12.8 Å². The smallest absolute Gasteiger partial charge is 0.335 e. The zero-order valence-corrected chi connectivity index (χ0v) is 11.2. The van der Waals surface area contributed by atoms with Crippen molar-refractivity contribution in [3.05, 3.63) is 0 Å². The highest BCUT2D eigenvalue weighted by molar-refractivity contribution is 5.77. The molecule has 0 aliphatic heterocycles. The van der Waals surface area contributed by atoms with Crippen LogP contribution in [0.1, 0.15) is 65.2 Å². The van der Waals surface area contributed by atoms with E-state index >= 15 is 0 Å². The molecule has 0 aromatic rings. The predicted molar refractivity (Wildman–Crippen MR) is 68.1 cm³/mol. The zero-order valence-electron chi connectivity index (χ0n) is 11.2. The van der Waals surface area contributed by atoms with Crippen LogP contribution in [0.25, 0.3) is 0 Å². The fraction of sp³-hybridized carbons (Fsp3) is 0.929. The summed E-state index contributed by atoms with van der Waals surface area (Å²) >= 11 is 0. The summed E-state index contributed by atoms with van der Waals surface area (Å²) in [6.07, 6.45) is 7.98. The maximum atomic E-state index is 11.3. The van der Waals surface area contributed by atoms with E-state index in [2.05, 4.69) is 13.8 Å². The standard InChI is InChI=1S/C14H26O3/c1-3-5-8-12(4-2)11-17-14(13(15)16)9-6-7-10-14/h12H,3-11H2,1-2H3,(H,15,16). The molecule has 0 spiro atoms. The number of carboxylic acids is 1. The Morgan fingerprint density at radius 1 is 1.35 bits per heavy atom. The van der Waals surface area contributed by atoms with Gasteiger partial charge in [-0.1, -0.05) is 33.1 Å². The molecule has 0 radical (unpaired) electrons. The Hall–Kier alpha value is -0.570. The fourth-order valence-electron chi connectivity index (χ4n) is 2.54. The molecule has 100 valence electrons. The molecule has 0 heterocycles. The van der Waals surface area contributed by atoms with Crippen LogP contribution in [0, 0.1) is 5.92 Å². The van der Waals surface area contributed by atoms with E-state index in [1.54, 1.807) is 0 Å². The topological polar surface area (TPSA) is 46.5 Å². The molecule has 3 nitrogen and oxygen atoms in total. The molecular weight excluding hydrogens is 216 g/mol. The predicted octanol–water partition coefficient (Wildman–Crippen LogP) is 3.62. The van der Waals surface area contributed by atoms with E-state index < -0.39 is 11.6 Å². The van der Waals surface area contributed by atoms with Gasteiger partial charge in [-0.2, -0.15) is 0 Å². The highest BCUT2D eigenvalue weighted by Crippen LogP contribution is 2.34. The van der Waals surface area contributed by atoms with E-state index in [-0.39, 0.29) is 0 Å². The number of hydrogen-bond donors (Lipinski definition) is 1. The molecule has 1 aliphatic rings. The molecule has 1 rings (SSSR count). The number of carboxylic acid groups (broad SMARTS) is 1. The van der Waals surface area contributed by atoms with E-state index in [9.17, 15) is 9.90 Å². The largest absolute Gasteiger partial charge is 0.479 e. The molecule has 1 fully saturated rings. The lowest BCUT2D eigenvalue weighted by Crippen LogP contribution is -2.40. The number of unbranched alkanes of at least 4 members (excludes halogenated alkanes) is 1. The number of rotatable bonds is 8. The van der Waals surface area contributed by atoms with Crippen molar-refractivity contribution in [1.82, 2.24) is 0 Å². The van der Waals surface area contributed by atoms with Gasteiger partial charge in [0.1, 0.15) is 0 Å². The van der Waals surface area contributed by atoms with Crippen LogP contribution < -0.4 is 0 Å². The minimum absolute atomic E-state index is 0.520. The van der Waals surface area contributed by atoms with Crippen molar-refractivity contribution in [1.29, 1.82) is 0 Å². The summed E-state index contributed by atoms with van der Waals surface area (Å²) in [7, 11) is 0. The summed E-state index contributed by atoms with van der Waals surface area (Å²) in [6.45, 7) is 4.96. The minimum Gasteiger partial charge on any atom is -0.479 e. The second-order valence-electron chi connectivity index (χ2n) is 5.23. The van der Waals surface area contributed by atoms with Crippen molar-refractivity contribution in [3.63, 3.8) is 0 Å². The van der Waals surface area contributed by atoms with Crippen LogP contribution in [0.5, 0.6) is 0 Å². The summed E-state index contributed by atoms with van der Waals surface area (Å²) in [5.41, 5.74) is -0.861. The fourth-order valence-corrected chi connectivity index (χ4v) is 2.54. The van der Waals surface area contributed by atoms with Gasteiger partial charge in [0, 0.05) is 0 Å². The average Bonchev–Trinajstić information content (AvgIpc) is 2.79. The summed E-state index contributed by atoms with van der Waals surface area (Å²) in [5.74, 6) is -0.243. The van der Waals surface area contributed by atoms with Gasteiger partial charge < -0.3 is 9.84 Å². The Bertz CT molecular complexity index is 232. The molecule has 1 N–H and O–H groups in total. The number of carbonyl (C=O) groups is 1. The van der Waals surface area contributed by atoms with Crippen molar-refractivity contribution in [2.75, 3.05) is 6.61 Å². The first-order valence-electron chi connectivity index (χ1n) is 7.02. The van der Waals surface area contributed by atoms with E-state index in [0.29, 0.717) is 25.4 Å². The molecule has 1 atom stereocenters. The maximum absolute atomic E-state index is 11.3. The first-order valence-corrected chi connectivity index (χ1v) is 7.02. The quantitative estimate of drug-likeness (QED) is 0.707. The van der Waals surface area contributed by atoms with Gasteiger partial charge in [0.15, 0.2) is 5.60 Å². The van der Waals surface area contributed by atoms with Crippen LogP contribution in [0.3, 0.4) is 0 Å². The Labute approximate surface area is 105 Å². The number of ether oxygens (including phenoxy) is 1. The molecule has 1 unspecified atom stereocenters. The zero-order chi connectivity index (χ0) is 12.7. The molecule has 0 aromatic carbocycles. The summed E-state index contributed by atoms with van der Waals surface area (Å²) < 4.78 is 5.80. The third kappa shape index (κ3) is 3.98. The van der Waals surface area contributed by atoms with Gasteiger partial charge in [0.25, 0.3) is 0 Å². The Morgan fingerprint density at radius 2 is 2.00 bits per heavy atom. The number of hydrogen-bond acceptors (Lipinski definition) is 2. The molecule has 0 aromatic heterocycles. The van der Waals surface area contributed by atoms with Crippen LogP contribution in [-0.4, -0.2) is 23.3 Å². The SMILES string of the molecule is CCCCC(CC)COC1(C(=O)O)CCCC1. The lowest BCUT2D eigenvalue weighted by Gasteiger charge is -2.27. The van der Waals surface area contributed by atoms with Gasteiger partial charge in [-0.25, -0.2) is 4.79 Å². The van der Waals surface area contributed by atoms with E-state index in [1.807, 2.05) is 0 Å². The average molecular weight is 242 g/mol. The van der Waals surface area contributed by atoms with Gasteiger partial charge in [0.2, 0.25) is 0 Å². The van der Waals surface area contributed by atoms with Gasteiger partial charge in [-0.15, -0.1) is 0 Å². The molecule has 0 amide bonds. The van der Waals surface area contributed by atoms with Crippen molar-refractivity contribution in [3.8, 4) is 0 Å². The Balaban J connectivity index is 2.42.